The number of rotatable bonds is 2. The number of aryl methyl sites for hydroxylation is 1. The molecule has 0 unspecified atom stereocenters. The molecule has 15 heavy (non-hydrogen) atoms. The number of fused-ring (bicyclic) bond motifs is 1. The lowest BCUT2D eigenvalue weighted by molar-refractivity contribution is 0.0601. The summed E-state index contributed by atoms with van der Waals surface area (Å²) in [6.07, 6.45) is 2.42. The van der Waals surface area contributed by atoms with Crippen molar-refractivity contribution in [2.75, 3.05) is 7.11 Å². The second-order valence-electron chi connectivity index (χ2n) is 3.22. The summed E-state index contributed by atoms with van der Waals surface area (Å²) in [4.78, 5) is 18.9. The Bertz CT molecular complexity index is 502. The highest BCUT2D eigenvalue weighted by atomic mass is 16.5. The molecule has 2 aromatic heterocycles. The second kappa shape index (κ2) is 3.73. The average Bonchev–Trinajstić information content (AvgIpc) is 2.66. The summed E-state index contributed by atoms with van der Waals surface area (Å²) in [5, 5.41) is 0. The predicted molar refractivity (Wildman–Crippen MR) is 56.8 cm³/mol. The van der Waals surface area contributed by atoms with E-state index >= 15 is 0 Å². The maximum absolute atomic E-state index is 11.6. The van der Waals surface area contributed by atoms with Crippen LogP contribution in [-0.2, 0) is 11.2 Å². The number of pyridine rings is 1. The van der Waals surface area contributed by atoms with Gasteiger partial charge in [0.1, 0.15) is 11.1 Å². The Morgan fingerprint density at radius 3 is 3.07 bits per heavy atom. The number of H-pyrrole nitrogens is 1. The van der Waals surface area contributed by atoms with E-state index in [1.807, 2.05) is 19.1 Å². The van der Waals surface area contributed by atoms with Crippen LogP contribution in [0.25, 0.3) is 11.0 Å². The molecule has 0 fully saturated rings. The Kier molecular flexibility index (Phi) is 2.41. The van der Waals surface area contributed by atoms with E-state index in [-0.39, 0.29) is 5.97 Å². The highest BCUT2D eigenvalue weighted by Gasteiger charge is 2.18. The SMILES string of the molecule is CCc1[nH]c2cccnc2c1C(=O)OC. The minimum Gasteiger partial charge on any atom is -0.465 e. The largest absolute Gasteiger partial charge is 0.465 e. The number of hydrogen-bond acceptors (Lipinski definition) is 3. The van der Waals surface area contributed by atoms with E-state index in [9.17, 15) is 4.79 Å². The first-order chi connectivity index (χ1) is 7.27. The molecule has 0 amide bonds. The Balaban J connectivity index is 2.72. The van der Waals surface area contributed by atoms with Crippen LogP contribution in [0.15, 0.2) is 18.3 Å². The number of hydrogen-bond donors (Lipinski definition) is 1. The quantitative estimate of drug-likeness (QED) is 0.760. The summed E-state index contributed by atoms with van der Waals surface area (Å²) in [7, 11) is 1.38. The summed E-state index contributed by atoms with van der Waals surface area (Å²) in [6.45, 7) is 1.98. The molecule has 0 bridgehead atoms. The fourth-order valence-electron chi connectivity index (χ4n) is 1.66. The molecule has 0 aliphatic heterocycles. The molecule has 0 saturated carbocycles. The lowest BCUT2D eigenvalue weighted by atomic mass is 10.2. The van der Waals surface area contributed by atoms with Gasteiger partial charge in [-0.05, 0) is 18.6 Å². The number of carbonyl (C=O) groups is 1. The van der Waals surface area contributed by atoms with Crippen molar-refractivity contribution in [3.8, 4) is 0 Å². The van der Waals surface area contributed by atoms with Crippen molar-refractivity contribution in [3.63, 3.8) is 0 Å². The van der Waals surface area contributed by atoms with Crippen molar-refractivity contribution < 1.29 is 9.53 Å². The van der Waals surface area contributed by atoms with Crippen LogP contribution in [0.4, 0.5) is 0 Å². The highest BCUT2D eigenvalue weighted by Crippen LogP contribution is 2.21. The van der Waals surface area contributed by atoms with Crippen molar-refractivity contribution in [1.29, 1.82) is 0 Å². The maximum Gasteiger partial charge on any atom is 0.341 e. The van der Waals surface area contributed by atoms with Crippen molar-refractivity contribution in [3.05, 3.63) is 29.6 Å². The monoisotopic (exact) mass is 204 g/mol. The summed E-state index contributed by atoms with van der Waals surface area (Å²) in [6, 6.07) is 3.73. The molecule has 0 aliphatic rings. The van der Waals surface area contributed by atoms with Crippen molar-refractivity contribution in [2.45, 2.75) is 13.3 Å². The first-order valence-corrected chi connectivity index (χ1v) is 4.81. The number of methoxy groups -OCH3 is 1. The third-order valence-electron chi connectivity index (χ3n) is 2.37. The average molecular weight is 204 g/mol. The van der Waals surface area contributed by atoms with Gasteiger partial charge < -0.3 is 9.72 Å². The molecule has 0 aromatic carbocycles. The zero-order valence-electron chi connectivity index (χ0n) is 8.70. The van der Waals surface area contributed by atoms with Gasteiger partial charge in [-0.3, -0.25) is 4.98 Å². The first-order valence-electron chi connectivity index (χ1n) is 4.81. The van der Waals surface area contributed by atoms with Gasteiger partial charge in [0.2, 0.25) is 0 Å². The molecule has 0 saturated heterocycles. The first kappa shape index (κ1) is 9.71. The molecule has 2 rings (SSSR count). The minimum atomic E-state index is -0.336. The van der Waals surface area contributed by atoms with Crippen LogP contribution >= 0.6 is 0 Å². The third kappa shape index (κ3) is 1.48. The van der Waals surface area contributed by atoms with Gasteiger partial charge in [-0.1, -0.05) is 6.92 Å². The Labute approximate surface area is 87.3 Å². The molecule has 78 valence electrons. The van der Waals surface area contributed by atoms with E-state index in [4.69, 9.17) is 4.74 Å². The molecular formula is C11H12N2O2. The lowest BCUT2D eigenvalue weighted by Crippen LogP contribution is -2.04. The molecule has 4 nitrogen and oxygen atoms in total. The Morgan fingerprint density at radius 1 is 1.60 bits per heavy atom. The number of nitrogens with one attached hydrogen (secondary N) is 1. The summed E-state index contributed by atoms with van der Waals surface area (Å²) in [5.41, 5.74) is 2.97. The second-order valence-corrected chi connectivity index (χ2v) is 3.22. The zero-order chi connectivity index (χ0) is 10.8. The topological polar surface area (TPSA) is 55.0 Å². The van der Waals surface area contributed by atoms with E-state index < -0.39 is 0 Å². The summed E-state index contributed by atoms with van der Waals surface area (Å²) >= 11 is 0. The van der Waals surface area contributed by atoms with E-state index in [1.165, 1.54) is 7.11 Å². The Morgan fingerprint density at radius 2 is 2.40 bits per heavy atom. The Hall–Kier alpha value is -1.84. The molecule has 1 N–H and O–H groups in total. The van der Waals surface area contributed by atoms with Crippen LogP contribution < -0.4 is 0 Å². The van der Waals surface area contributed by atoms with Gasteiger partial charge in [-0.2, -0.15) is 0 Å². The van der Waals surface area contributed by atoms with E-state index in [0.29, 0.717) is 11.1 Å². The number of carbonyl (C=O) groups excluding carboxylic acids is 1. The number of nitrogens with zero attached hydrogens (tertiary/aromatic N) is 1. The van der Waals surface area contributed by atoms with Gasteiger partial charge in [0, 0.05) is 11.9 Å². The molecule has 4 heteroatoms. The third-order valence-corrected chi connectivity index (χ3v) is 2.37. The number of ether oxygens (including phenoxy) is 1. The van der Waals surface area contributed by atoms with E-state index in [2.05, 4.69) is 9.97 Å². The van der Waals surface area contributed by atoms with Crippen LogP contribution in [-0.4, -0.2) is 23.0 Å². The smallest absolute Gasteiger partial charge is 0.341 e. The predicted octanol–water partition coefficient (Wildman–Crippen LogP) is 1.91. The van der Waals surface area contributed by atoms with Gasteiger partial charge >= 0.3 is 5.97 Å². The normalized spacial score (nSPS) is 10.5. The molecule has 0 spiro atoms. The van der Waals surface area contributed by atoms with Gasteiger partial charge in [0.05, 0.1) is 12.6 Å². The summed E-state index contributed by atoms with van der Waals surface area (Å²) < 4.78 is 4.75. The fourth-order valence-corrected chi connectivity index (χ4v) is 1.66. The lowest BCUT2D eigenvalue weighted by Gasteiger charge is -1.98. The van der Waals surface area contributed by atoms with Crippen LogP contribution in [0.5, 0.6) is 0 Å². The minimum absolute atomic E-state index is 0.336. The van der Waals surface area contributed by atoms with Crippen molar-refractivity contribution >= 4 is 17.0 Å². The molecule has 2 aromatic rings. The molecule has 0 radical (unpaired) electrons. The molecule has 2 heterocycles. The van der Waals surface area contributed by atoms with Crippen molar-refractivity contribution in [1.82, 2.24) is 9.97 Å². The van der Waals surface area contributed by atoms with Crippen LogP contribution in [0.2, 0.25) is 0 Å². The van der Waals surface area contributed by atoms with Crippen LogP contribution in [0, 0.1) is 0 Å². The zero-order valence-corrected chi connectivity index (χ0v) is 8.70. The highest BCUT2D eigenvalue weighted by molar-refractivity contribution is 6.03. The molecule has 0 aliphatic carbocycles. The molecule has 0 atom stereocenters. The standard InChI is InChI=1S/C11H12N2O2/c1-3-7-9(11(14)15-2)10-8(13-7)5-4-6-12-10/h4-6,13H,3H2,1-2H3. The maximum atomic E-state index is 11.6. The number of esters is 1. The van der Waals surface area contributed by atoms with Gasteiger partial charge in [0.25, 0.3) is 0 Å². The molecular weight excluding hydrogens is 192 g/mol. The van der Waals surface area contributed by atoms with Crippen LogP contribution in [0.3, 0.4) is 0 Å². The van der Waals surface area contributed by atoms with Crippen LogP contribution in [0.1, 0.15) is 23.0 Å². The van der Waals surface area contributed by atoms with Gasteiger partial charge in [0.15, 0.2) is 0 Å². The number of aromatic amines is 1. The van der Waals surface area contributed by atoms with Gasteiger partial charge in [-0.25, -0.2) is 4.79 Å². The van der Waals surface area contributed by atoms with E-state index in [0.717, 1.165) is 17.6 Å². The number of aromatic nitrogens is 2. The summed E-state index contributed by atoms with van der Waals surface area (Å²) in [5.74, 6) is -0.336. The van der Waals surface area contributed by atoms with Crippen molar-refractivity contribution in [2.24, 2.45) is 0 Å². The fraction of sp³-hybridized carbons (Fsp3) is 0.273. The van der Waals surface area contributed by atoms with E-state index in [1.54, 1.807) is 6.20 Å². The van der Waals surface area contributed by atoms with Gasteiger partial charge in [-0.15, -0.1) is 0 Å².